The fourth-order valence-electron chi connectivity index (χ4n) is 2.35. The largest absolute Gasteiger partial charge is 0.493 e. The van der Waals surface area contributed by atoms with Crippen molar-refractivity contribution in [2.24, 2.45) is 0 Å². The lowest BCUT2D eigenvalue weighted by Gasteiger charge is -2.08. The highest BCUT2D eigenvalue weighted by atomic mass is 79.9. The Bertz CT molecular complexity index is 710. The van der Waals surface area contributed by atoms with E-state index in [1.54, 1.807) is 10.9 Å². The smallest absolute Gasteiger partial charge is 0.267 e. The maximum atomic E-state index is 12.1. The molecule has 0 spiro atoms. The maximum absolute atomic E-state index is 12.1. The summed E-state index contributed by atoms with van der Waals surface area (Å²) < 4.78 is 7.68. The molecule has 3 rings (SSSR count). The van der Waals surface area contributed by atoms with Crippen LogP contribution in [0, 0.1) is 6.92 Å². The Hall–Kier alpha value is -1.62. The van der Waals surface area contributed by atoms with E-state index in [9.17, 15) is 4.79 Å². The molecule has 2 heterocycles. The van der Waals surface area contributed by atoms with Crippen LogP contribution >= 0.6 is 15.9 Å². The van der Waals surface area contributed by atoms with E-state index in [-0.39, 0.29) is 5.56 Å². The second-order valence-electron chi connectivity index (χ2n) is 4.93. The molecule has 0 unspecified atom stereocenters. The Morgan fingerprint density at radius 3 is 3.15 bits per heavy atom. The molecule has 0 aliphatic carbocycles. The van der Waals surface area contributed by atoms with Gasteiger partial charge in [-0.25, -0.2) is 4.98 Å². The van der Waals surface area contributed by atoms with Gasteiger partial charge >= 0.3 is 0 Å². The molecule has 5 heteroatoms. The third-order valence-electron chi connectivity index (χ3n) is 3.55. The van der Waals surface area contributed by atoms with E-state index in [1.165, 1.54) is 11.1 Å². The Labute approximate surface area is 125 Å². The minimum Gasteiger partial charge on any atom is -0.493 e. The first-order chi connectivity index (χ1) is 9.65. The molecule has 0 radical (unpaired) electrons. The van der Waals surface area contributed by atoms with Crippen LogP contribution < -0.4 is 10.3 Å². The molecule has 1 aromatic carbocycles. The van der Waals surface area contributed by atoms with Crippen LogP contribution in [0.2, 0.25) is 0 Å². The zero-order chi connectivity index (χ0) is 14.1. The predicted molar refractivity (Wildman–Crippen MR) is 80.3 cm³/mol. The van der Waals surface area contributed by atoms with E-state index in [1.807, 2.05) is 13.0 Å². The molecule has 0 saturated heterocycles. The van der Waals surface area contributed by atoms with Crippen LogP contribution in [0.25, 0.3) is 0 Å². The molecule has 104 valence electrons. The lowest BCUT2D eigenvalue weighted by Crippen LogP contribution is -2.23. The molecule has 1 aliphatic rings. The summed E-state index contributed by atoms with van der Waals surface area (Å²) in [6.07, 6.45) is 3.39. The number of aromatic nitrogens is 2. The van der Waals surface area contributed by atoms with E-state index in [0.717, 1.165) is 30.9 Å². The van der Waals surface area contributed by atoms with Gasteiger partial charge in [0.25, 0.3) is 5.56 Å². The Kier molecular flexibility index (Phi) is 3.61. The van der Waals surface area contributed by atoms with Gasteiger partial charge in [-0.3, -0.25) is 9.36 Å². The summed E-state index contributed by atoms with van der Waals surface area (Å²) in [5.41, 5.74) is 3.18. The summed E-state index contributed by atoms with van der Waals surface area (Å²) in [5.74, 6) is 0.991. The second-order valence-corrected chi connectivity index (χ2v) is 5.73. The van der Waals surface area contributed by atoms with Crippen LogP contribution in [-0.4, -0.2) is 16.2 Å². The summed E-state index contributed by atoms with van der Waals surface area (Å²) in [6.45, 7) is 3.22. The highest BCUT2D eigenvalue weighted by molar-refractivity contribution is 9.10. The average molecular weight is 335 g/mol. The predicted octanol–water partition coefficient (Wildman–Crippen LogP) is 2.49. The molecule has 0 bridgehead atoms. The number of rotatable bonds is 3. The molecule has 0 amide bonds. The number of halogens is 1. The summed E-state index contributed by atoms with van der Waals surface area (Å²) in [6, 6.07) is 6.25. The van der Waals surface area contributed by atoms with Crippen LogP contribution in [0.3, 0.4) is 0 Å². The van der Waals surface area contributed by atoms with Crippen molar-refractivity contribution in [3.05, 3.63) is 56.2 Å². The number of hydrogen-bond donors (Lipinski definition) is 0. The molecule has 0 saturated carbocycles. The third-order valence-corrected chi connectivity index (χ3v) is 4.47. The summed E-state index contributed by atoms with van der Waals surface area (Å²) in [5, 5.41) is 0. The quantitative estimate of drug-likeness (QED) is 0.866. The van der Waals surface area contributed by atoms with Gasteiger partial charge in [-0.2, -0.15) is 0 Å². The van der Waals surface area contributed by atoms with Crippen molar-refractivity contribution in [1.82, 2.24) is 9.55 Å². The molecule has 1 aromatic heterocycles. The number of aryl methyl sites for hydroxylation is 3. The van der Waals surface area contributed by atoms with E-state index < -0.39 is 0 Å². The fourth-order valence-corrected chi connectivity index (χ4v) is 2.68. The molecule has 20 heavy (non-hydrogen) atoms. The number of hydrogen-bond acceptors (Lipinski definition) is 3. The van der Waals surface area contributed by atoms with E-state index in [2.05, 4.69) is 33.0 Å². The van der Waals surface area contributed by atoms with Gasteiger partial charge in [-0.05, 0) is 46.5 Å². The molecule has 2 aromatic rings. The Balaban J connectivity index is 1.77. The van der Waals surface area contributed by atoms with Gasteiger partial charge in [0.05, 0.1) is 18.6 Å². The Morgan fingerprint density at radius 2 is 2.30 bits per heavy atom. The van der Waals surface area contributed by atoms with Crippen molar-refractivity contribution in [3.8, 4) is 5.75 Å². The normalized spacial score (nSPS) is 13.1. The van der Waals surface area contributed by atoms with Crippen molar-refractivity contribution in [2.45, 2.75) is 26.3 Å². The standard InChI is InChI=1S/C15H15BrN2O2/c1-10-14(16)15(19)18(9-17-10)6-4-11-2-3-13-12(8-11)5-7-20-13/h2-3,8-9H,4-7H2,1H3. The first-order valence-corrected chi connectivity index (χ1v) is 7.40. The number of benzene rings is 1. The van der Waals surface area contributed by atoms with Gasteiger partial charge in [0.1, 0.15) is 10.2 Å². The first-order valence-electron chi connectivity index (χ1n) is 6.61. The summed E-state index contributed by atoms with van der Waals surface area (Å²) in [7, 11) is 0. The SMILES string of the molecule is Cc1ncn(CCc2ccc3c(c2)CCO3)c(=O)c1Br. The molecule has 0 N–H and O–H groups in total. The van der Waals surface area contributed by atoms with Gasteiger partial charge in [-0.1, -0.05) is 12.1 Å². The fraction of sp³-hybridized carbons (Fsp3) is 0.333. The van der Waals surface area contributed by atoms with Gasteiger partial charge in [0.15, 0.2) is 0 Å². The molecule has 4 nitrogen and oxygen atoms in total. The van der Waals surface area contributed by atoms with Gasteiger partial charge in [-0.15, -0.1) is 0 Å². The van der Waals surface area contributed by atoms with E-state index in [0.29, 0.717) is 11.0 Å². The van der Waals surface area contributed by atoms with Crippen LogP contribution in [-0.2, 0) is 19.4 Å². The molecular weight excluding hydrogens is 320 g/mol. The molecular formula is C15H15BrN2O2. The van der Waals surface area contributed by atoms with Crippen molar-refractivity contribution in [3.63, 3.8) is 0 Å². The zero-order valence-corrected chi connectivity index (χ0v) is 12.8. The van der Waals surface area contributed by atoms with Crippen LogP contribution in [0.1, 0.15) is 16.8 Å². The van der Waals surface area contributed by atoms with Crippen molar-refractivity contribution < 1.29 is 4.74 Å². The highest BCUT2D eigenvalue weighted by Crippen LogP contribution is 2.26. The number of nitrogens with zero attached hydrogens (tertiary/aromatic N) is 2. The molecule has 0 fully saturated rings. The van der Waals surface area contributed by atoms with Crippen LogP contribution in [0.5, 0.6) is 5.75 Å². The van der Waals surface area contributed by atoms with E-state index in [4.69, 9.17) is 4.74 Å². The topological polar surface area (TPSA) is 44.1 Å². The monoisotopic (exact) mass is 334 g/mol. The lowest BCUT2D eigenvalue weighted by atomic mass is 10.1. The highest BCUT2D eigenvalue weighted by Gasteiger charge is 2.12. The number of ether oxygens (including phenoxy) is 1. The van der Waals surface area contributed by atoms with Crippen molar-refractivity contribution >= 4 is 15.9 Å². The second kappa shape index (κ2) is 5.40. The summed E-state index contributed by atoms with van der Waals surface area (Å²) >= 11 is 3.28. The first kappa shape index (κ1) is 13.4. The average Bonchev–Trinajstić information content (AvgIpc) is 2.91. The number of fused-ring (bicyclic) bond motifs is 1. The summed E-state index contributed by atoms with van der Waals surface area (Å²) in [4.78, 5) is 16.3. The maximum Gasteiger partial charge on any atom is 0.267 e. The van der Waals surface area contributed by atoms with Crippen molar-refractivity contribution in [2.75, 3.05) is 6.61 Å². The minimum absolute atomic E-state index is 0.0259. The van der Waals surface area contributed by atoms with Gasteiger partial charge in [0.2, 0.25) is 0 Å². The van der Waals surface area contributed by atoms with Gasteiger partial charge in [0, 0.05) is 13.0 Å². The minimum atomic E-state index is -0.0259. The molecule has 1 aliphatic heterocycles. The lowest BCUT2D eigenvalue weighted by molar-refractivity contribution is 0.357. The van der Waals surface area contributed by atoms with Crippen molar-refractivity contribution in [1.29, 1.82) is 0 Å². The molecule has 0 atom stereocenters. The third kappa shape index (κ3) is 2.50. The van der Waals surface area contributed by atoms with E-state index >= 15 is 0 Å². The van der Waals surface area contributed by atoms with Gasteiger partial charge < -0.3 is 4.74 Å². The zero-order valence-electron chi connectivity index (χ0n) is 11.2. The Morgan fingerprint density at radius 1 is 1.45 bits per heavy atom. The van der Waals surface area contributed by atoms with Crippen LogP contribution in [0.15, 0.2) is 33.8 Å². The van der Waals surface area contributed by atoms with Crippen LogP contribution in [0.4, 0.5) is 0 Å².